The van der Waals surface area contributed by atoms with Gasteiger partial charge in [0.15, 0.2) is 0 Å². The lowest BCUT2D eigenvalue weighted by atomic mass is 9.83. The van der Waals surface area contributed by atoms with Crippen molar-refractivity contribution in [1.82, 2.24) is 15.3 Å². The first kappa shape index (κ1) is 23.7. The highest BCUT2D eigenvalue weighted by Gasteiger charge is 2.36. The Hall–Kier alpha value is -1.40. The molecule has 2 fully saturated rings. The van der Waals surface area contributed by atoms with Crippen LogP contribution in [0.3, 0.4) is 0 Å². The van der Waals surface area contributed by atoms with Crippen LogP contribution in [0.25, 0.3) is 11.1 Å². The van der Waals surface area contributed by atoms with E-state index in [1.54, 1.807) is 19.5 Å². The van der Waals surface area contributed by atoms with Crippen LogP contribution in [0.1, 0.15) is 51.1 Å². The summed E-state index contributed by atoms with van der Waals surface area (Å²) in [6.45, 7) is 4.95. The molecular formula is C25H34Cl2N4O. The van der Waals surface area contributed by atoms with Crippen molar-refractivity contribution in [2.24, 2.45) is 11.3 Å². The fourth-order valence-electron chi connectivity index (χ4n) is 4.47. The molecule has 2 N–H and O–H groups in total. The molecule has 0 aromatic carbocycles. The molecule has 0 aliphatic heterocycles. The molecule has 2 aromatic heterocycles. The normalized spacial score (nSPS) is 22.0. The van der Waals surface area contributed by atoms with E-state index < -0.39 is 0 Å². The van der Waals surface area contributed by atoms with E-state index in [0.29, 0.717) is 27.6 Å². The molecule has 4 rings (SSSR count). The molecule has 2 heterocycles. The molecule has 2 aromatic rings. The number of hydrogen-bond donors (Lipinski definition) is 2. The fraction of sp³-hybridized carbons (Fsp3) is 0.600. The van der Waals surface area contributed by atoms with Crippen molar-refractivity contribution in [3.63, 3.8) is 0 Å². The van der Waals surface area contributed by atoms with E-state index in [-0.39, 0.29) is 0 Å². The predicted molar refractivity (Wildman–Crippen MR) is 133 cm³/mol. The fourth-order valence-corrected chi connectivity index (χ4v) is 4.88. The number of anilines is 1. The molecule has 2 saturated carbocycles. The summed E-state index contributed by atoms with van der Waals surface area (Å²) in [6, 6.07) is 4.76. The number of halogens is 2. The van der Waals surface area contributed by atoms with Crippen molar-refractivity contribution in [2.45, 2.75) is 57.9 Å². The summed E-state index contributed by atoms with van der Waals surface area (Å²) in [5.41, 5.74) is 4.23. The minimum atomic E-state index is 0.416. The van der Waals surface area contributed by atoms with E-state index in [2.05, 4.69) is 39.7 Å². The highest BCUT2D eigenvalue weighted by Crippen LogP contribution is 2.45. The van der Waals surface area contributed by atoms with Gasteiger partial charge in [-0.05, 0) is 68.4 Å². The van der Waals surface area contributed by atoms with Gasteiger partial charge in [0.25, 0.3) is 0 Å². The Bertz CT molecular complexity index is 911. The zero-order chi connectivity index (χ0) is 22.6. The van der Waals surface area contributed by atoms with Gasteiger partial charge in [-0.15, -0.1) is 0 Å². The molecule has 2 aliphatic carbocycles. The van der Waals surface area contributed by atoms with Crippen molar-refractivity contribution in [3.8, 4) is 11.1 Å². The Kier molecular flexibility index (Phi) is 7.93. The van der Waals surface area contributed by atoms with E-state index >= 15 is 0 Å². The molecule has 0 atom stereocenters. The molecule has 0 amide bonds. The lowest BCUT2D eigenvalue weighted by molar-refractivity contribution is 0.188. The average molecular weight is 477 g/mol. The van der Waals surface area contributed by atoms with Gasteiger partial charge in [0.2, 0.25) is 0 Å². The minimum absolute atomic E-state index is 0.416. The third-order valence-corrected chi connectivity index (χ3v) is 7.55. The van der Waals surface area contributed by atoms with Gasteiger partial charge in [-0.3, -0.25) is 4.98 Å². The first-order valence-corrected chi connectivity index (χ1v) is 12.5. The summed E-state index contributed by atoms with van der Waals surface area (Å²) >= 11 is 13.0. The summed E-state index contributed by atoms with van der Waals surface area (Å²) in [4.78, 5) is 9.03. The standard InChI is InChI=1S/C25H34Cl2N4O/c1-25(7-8-25)16-31-20-13-22(24(27)30-14-20)21-12-19(29-15-23(21)26)11-17-3-5-18(6-4-17)28-9-10-32-2/h12-15,17-18,28,31H,3-11,16H2,1-2H3. The second kappa shape index (κ2) is 10.7. The molecular weight excluding hydrogens is 443 g/mol. The van der Waals surface area contributed by atoms with Crippen LogP contribution in [0, 0.1) is 11.3 Å². The number of methoxy groups -OCH3 is 1. The summed E-state index contributed by atoms with van der Waals surface area (Å²) < 4.78 is 5.14. The second-order valence-electron chi connectivity index (χ2n) is 9.75. The Morgan fingerprint density at radius 3 is 2.56 bits per heavy atom. The summed E-state index contributed by atoms with van der Waals surface area (Å²) in [7, 11) is 1.75. The van der Waals surface area contributed by atoms with Crippen molar-refractivity contribution in [1.29, 1.82) is 0 Å². The van der Waals surface area contributed by atoms with E-state index in [1.807, 2.05) is 0 Å². The Morgan fingerprint density at radius 2 is 1.84 bits per heavy atom. The molecule has 0 unspecified atom stereocenters. The third-order valence-electron chi connectivity index (χ3n) is 6.95. The highest BCUT2D eigenvalue weighted by atomic mass is 35.5. The number of pyridine rings is 2. The summed E-state index contributed by atoms with van der Waals surface area (Å²) in [5, 5.41) is 8.18. The maximum Gasteiger partial charge on any atom is 0.137 e. The van der Waals surface area contributed by atoms with Crippen LogP contribution in [0.2, 0.25) is 10.2 Å². The van der Waals surface area contributed by atoms with Gasteiger partial charge >= 0.3 is 0 Å². The smallest absolute Gasteiger partial charge is 0.137 e. The largest absolute Gasteiger partial charge is 0.383 e. The van der Waals surface area contributed by atoms with Crippen LogP contribution >= 0.6 is 23.2 Å². The molecule has 5 nitrogen and oxygen atoms in total. The monoisotopic (exact) mass is 476 g/mol. The number of rotatable bonds is 10. The average Bonchev–Trinajstić information content (AvgIpc) is 3.53. The van der Waals surface area contributed by atoms with Crippen LogP contribution in [-0.2, 0) is 11.2 Å². The van der Waals surface area contributed by atoms with Crippen molar-refractivity contribution in [2.75, 3.05) is 32.1 Å². The molecule has 32 heavy (non-hydrogen) atoms. The molecule has 174 valence electrons. The Labute approximate surface area is 201 Å². The zero-order valence-electron chi connectivity index (χ0n) is 19.1. The Morgan fingerprint density at radius 1 is 1.06 bits per heavy atom. The van der Waals surface area contributed by atoms with Crippen molar-refractivity contribution < 1.29 is 4.74 Å². The van der Waals surface area contributed by atoms with E-state index in [9.17, 15) is 0 Å². The maximum absolute atomic E-state index is 6.55. The SMILES string of the molecule is COCCNC1CCC(Cc2cc(-c3cc(NCC4(C)CC4)cnc3Cl)c(Cl)cn2)CC1. The second-order valence-corrected chi connectivity index (χ2v) is 10.5. The van der Waals surface area contributed by atoms with E-state index in [1.165, 1.54) is 38.5 Å². The lowest BCUT2D eigenvalue weighted by Crippen LogP contribution is -2.35. The number of hydrogen-bond acceptors (Lipinski definition) is 5. The van der Waals surface area contributed by atoms with Crippen molar-refractivity contribution >= 4 is 28.9 Å². The number of aromatic nitrogens is 2. The molecule has 0 radical (unpaired) electrons. The number of ether oxygens (including phenoxy) is 1. The molecule has 0 bridgehead atoms. The van der Waals surface area contributed by atoms with Crippen LogP contribution in [0.5, 0.6) is 0 Å². The Balaban J connectivity index is 1.41. The van der Waals surface area contributed by atoms with Gasteiger partial charge in [0, 0.05) is 49.3 Å². The summed E-state index contributed by atoms with van der Waals surface area (Å²) in [5.74, 6) is 0.651. The van der Waals surface area contributed by atoms with Crippen LogP contribution in [0.15, 0.2) is 24.5 Å². The molecule has 2 aliphatic rings. The van der Waals surface area contributed by atoms with Gasteiger partial charge in [0.1, 0.15) is 5.15 Å². The maximum atomic E-state index is 6.55. The van der Waals surface area contributed by atoms with Crippen molar-refractivity contribution in [3.05, 3.63) is 40.4 Å². The molecule has 0 saturated heterocycles. The quantitative estimate of drug-likeness (QED) is 0.325. The summed E-state index contributed by atoms with van der Waals surface area (Å²) in [6.07, 6.45) is 11.9. The molecule has 0 spiro atoms. The van der Waals surface area contributed by atoms with Gasteiger partial charge in [-0.2, -0.15) is 0 Å². The van der Waals surface area contributed by atoms with E-state index in [0.717, 1.165) is 48.6 Å². The predicted octanol–water partition coefficient (Wildman–Crippen LogP) is 6.00. The van der Waals surface area contributed by atoms with E-state index in [4.69, 9.17) is 27.9 Å². The first-order valence-electron chi connectivity index (χ1n) is 11.7. The van der Waals surface area contributed by atoms with Crippen LogP contribution < -0.4 is 10.6 Å². The van der Waals surface area contributed by atoms with Gasteiger partial charge in [-0.1, -0.05) is 30.1 Å². The topological polar surface area (TPSA) is 59.1 Å². The van der Waals surface area contributed by atoms with Crippen LogP contribution in [0.4, 0.5) is 5.69 Å². The minimum Gasteiger partial charge on any atom is -0.383 e. The lowest BCUT2D eigenvalue weighted by Gasteiger charge is -2.29. The van der Waals surface area contributed by atoms with Gasteiger partial charge in [0.05, 0.1) is 23.5 Å². The first-order chi connectivity index (χ1) is 15.5. The number of nitrogens with zero attached hydrogens (tertiary/aromatic N) is 2. The number of nitrogens with one attached hydrogen (secondary N) is 2. The van der Waals surface area contributed by atoms with Gasteiger partial charge in [-0.25, -0.2) is 4.98 Å². The molecule has 7 heteroatoms. The zero-order valence-corrected chi connectivity index (χ0v) is 20.6. The highest BCUT2D eigenvalue weighted by molar-refractivity contribution is 6.35. The van der Waals surface area contributed by atoms with Gasteiger partial charge < -0.3 is 15.4 Å². The van der Waals surface area contributed by atoms with Crippen LogP contribution in [-0.4, -0.2) is 42.8 Å². The third kappa shape index (κ3) is 6.34.